The second kappa shape index (κ2) is 7.53. The molecule has 0 saturated heterocycles. The highest BCUT2D eigenvalue weighted by atomic mass is 16.4. The molecule has 3 aromatic rings. The van der Waals surface area contributed by atoms with E-state index in [1.165, 1.54) is 12.1 Å². The van der Waals surface area contributed by atoms with Crippen molar-refractivity contribution in [2.75, 3.05) is 5.32 Å². The normalized spacial score (nSPS) is 10.2. The van der Waals surface area contributed by atoms with Crippen molar-refractivity contribution in [2.24, 2.45) is 5.73 Å². The zero-order valence-corrected chi connectivity index (χ0v) is 14.3. The Morgan fingerprint density at radius 3 is 2.04 bits per heavy atom. The van der Waals surface area contributed by atoms with Gasteiger partial charge in [0.2, 0.25) is 0 Å². The van der Waals surface area contributed by atoms with Crippen LogP contribution in [0.5, 0.6) is 0 Å². The van der Waals surface area contributed by atoms with Gasteiger partial charge in [-0.05, 0) is 53.6 Å². The van der Waals surface area contributed by atoms with E-state index in [0.29, 0.717) is 22.4 Å². The number of carbonyl (C=O) groups excluding carboxylic acids is 1. The average molecular weight is 359 g/mol. The third-order valence-electron chi connectivity index (χ3n) is 4.07. The van der Waals surface area contributed by atoms with Crippen LogP contribution in [-0.4, -0.2) is 22.8 Å². The van der Waals surface area contributed by atoms with Crippen molar-refractivity contribution in [2.45, 2.75) is 0 Å². The number of carbonyl (C=O) groups is 2. The van der Waals surface area contributed by atoms with E-state index in [1.807, 2.05) is 12.1 Å². The molecule has 3 aromatic carbocycles. The lowest BCUT2D eigenvalue weighted by atomic mass is 9.98. The Kier molecular flexibility index (Phi) is 4.99. The van der Waals surface area contributed by atoms with Gasteiger partial charge in [-0.25, -0.2) is 4.79 Å². The summed E-state index contributed by atoms with van der Waals surface area (Å²) in [7, 11) is 0. The van der Waals surface area contributed by atoms with Gasteiger partial charge in [0.15, 0.2) is 0 Å². The van der Waals surface area contributed by atoms with E-state index in [-0.39, 0.29) is 17.3 Å². The monoisotopic (exact) mass is 359 g/mol. The number of rotatable bonds is 5. The van der Waals surface area contributed by atoms with Gasteiger partial charge >= 0.3 is 5.97 Å². The summed E-state index contributed by atoms with van der Waals surface area (Å²) in [5.41, 5.74) is 8.69. The van der Waals surface area contributed by atoms with Gasteiger partial charge in [-0.2, -0.15) is 0 Å². The van der Waals surface area contributed by atoms with Gasteiger partial charge in [-0.1, -0.05) is 30.3 Å². The Morgan fingerprint density at radius 2 is 1.44 bits per heavy atom. The average Bonchev–Trinajstić information content (AvgIpc) is 2.68. The number of benzene rings is 3. The molecule has 5 N–H and O–H groups in total. The summed E-state index contributed by atoms with van der Waals surface area (Å²) in [5.74, 6) is -1.33. The number of amidine groups is 1. The number of amides is 1. The lowest BCUT2D eigenvalue weighted by Crippen LogP contribution is -2.14. The number of anilines is 1. The van der Waals surface area contributed by atoms with E-state index in [9.17, 15) is 9.59 Å². The van der Waals surface area contributed by atoms with Gasteiger partial charge < -0.3 is 16.2 Å². The highest BCUT2D eigenvalue weighted by molar-refractivity contribution is 6.09. The fraction of sp³-hybridized carbons (Fsp3) is 0. The Labute approximate surface area is 155 Å². The van der Waals surface area contributed by atoms with Crippen LogP contribution in [0.15, 0.2) is 72.8 Å². The van der Waals surface area contributed by atoms with Gasteiger partial charge in [0.05, 0.1) is 5.56 Å². The highest BCUT2D eigenvalue weighted by Crippen LogP contribution is 2.25. The van der Waals surface area contributed by atoms with E-state index in [2.05, 4.69) is 5.32 Å². The van der Waals surface area contributed by atoms with E-state index in [0.717, 1.165) is 5.56 Å². The van der Waals surface area contributed by atoms with Crippen LogP contribution in [0.4, 0.5) is 5.69 Å². The molecule has 6 heteroatoms. The molecule has 0 heterocycles. The Balaban J connectivity index is 1.87. The minimum absolute atomic E-state index is 0.0389. The molecule has 0 spiro atoms. The second-order valence-electron chi connectivity index (χ2n) is 5.87. The first kappa shape index (κ1) is 17.9. The summed E-state index contributed by atoms with van der Waals surface area (Å²) in [6.45, 7) is 0. The lowest BCUT2D eigenvalue weighted by molar-refractivity contribution is 0.0696. The predicted octanol–water partition coefficient (Wildman–Crippen LogP) is 3.59. The van der Waals surface area contributed by atoms with E-state index in [1.54, 1.807) is 48.5 Å². The molecule has 0 atom stereocenters. The quantitative estimate of drug-likeness (QED) is 0.411. The third-order valence-corrected chi connectivity index (χ3v) is 4.07. The molecule has 134 valence electrons. The zero-order chi connectivity index (χ0) is 19.4. The SMILES string of the molecule is N=C(N)c1ccc(NC(=O)c2ccccc2-c2ccc(C(=O)O)cc2)cc1. The maximum atomic E-state index is 12.7. The summed E-state index contributed by atoms with van der Waals surface area (Å²) in [5, 5.41) is 19.2. The molecule has 6 nitrogen and oxygen atoms in total. The summed E-state index contributed by atoms with van der Waals surface area (Å²) in [6, 6.07) is 20.2. The molecule has 0 saturated carbocycles. The molecule has 0 radical (unpaired) electrons. The summed E-state index contributed by atoms with van der Waals surface area (Å²) in [4.78, 5) is 23.7. The first-order chi connectivity index (χ1) is 13.0. The number of carboxylic acids is 1. The fourth-order valence-electron chi connectivity index (χ4n) is 2.66. The van der Waals surface area contributed by atoms with Crippen molar-refractivity contribution in [3.05, 3.63) is 89.5 Å². The maximum Gasteiger partial charge on any atom is 0.335 e. The number of nitrogens with two attached hydrogens (primary N) is 1. The van der Waals surface area contributed by atoms with Gasteiger partial charge in [-0.15, -0.1) is 0 Å². The molecule has 0 fully saturated rings. The van der Waals surface area contributed by atoms with Gasteiger partial charge in [0.1, 0.15) is 5.84 Å². The summed E-state index contributed by atoms with van der Waals surface area (Å²) in [6.07, 6.45) is 0. The number of aromatic carboxylic acids is 1. The molecule has 0 aliphatic carbocycles. The standard InChI is InChI=1S/C21H17N3O3/c22-19(23)14-9-11-16(12-10-14)24-20(25)18-4-2-1-3-17(18)13-5-7-15(8-6-13)21(26)27/h1-12H,(H3,22,23)(H,24,25)(H,26,27). The van der Waals surface area contributed by atoms with Crippen LogP contribution in [0.2, 0.25) is 0 Å². The molecule has 0 bridgehead atoms. The molecule has 3 rings (SSSR count). The Morgan fingerprint density at radius 1 is 0.852 bits per heavy atom. The summed E-state index contributed by atoms with van der Waals surface area (Å²) < 4.78 is 0. The number of nitrogens with one attached hydrogen (secondary N) is 2. The van der Waals surface area contributed by atoms with Crippen molar-refractivity contribution in [1.29, 1.82) is 5.41 Å². The minimum atomic E-state index is -0.999. The van der Waals surface area contributed by atoms with Crippen molar-refractivity contribution in [3.8, 4) is 11.1 Å². The van der Waals surface area contributed by atoms with Crippen LogP contribution >= 0.6 is 0 Å². The topological polar surface area (TPSA) is 116 Å². The van der Waals surface area contributed by atoms with E-state index in [4.69, 9.17) is 16.2 Å². The molecule has 0 unspecified atom stereocenters. The van der Waals surface area contributed by atoms with Crippen molar-refractivity contribution >= 4 is 23.4 Å². The molecule has 0 aromatic heterocycles. The van der Waals surface area contributed by atoms with Crippen LogP contribution in [0.1, 0.15) is 26.3 Å². The van der Waals surface area contributed by atoms with Crippen LogP contribution in [0.3, 0.4) is 0 Å². The van der Waals surface area contributed by atoms with Crippen molar-refractivity contribution in [3.63, 3.8) is 0 Å². The maximum absolute atomic E-state index is 12.7. The smallest absolute Gasteiger partial charge is 0.335 e. The molecular weight excluding hydrogens is 342 g/mol. The summed E-state index contributed by atoms with van der Waals surface area (Å²) >= 11 is 0. The van der Waals surface area contributed by atoms with Gasteiger partial charge in [-0.3, -0.25) is 10.2 Å². The highest BCUT2D eigenvalue weighted by Gasteiger charge is 2.13. The number of hydrogen-bond donors (Lipinski definition) is 4. The number of nitrogen functional groups attached to an aromatic ring is 1. The van der Waals surface area contributed by atoms with Crippen molar-refractivity contribution < 1.29 is 14.7 Å². The predicted molar refractivity (Wildman–Crippen MR) is 104 cm³/mol. The molecule has 0 aliphatic heterocycles. The van der Waals surface area contributed by atoms with Crippen LogP contribution in [0, 0.1) is 5.41 Å². The fourth-order valence-corrected chi connectivity index (χ4v) is 2.66. The van der Waals surface area contributed by atoms with Gasteiger partial charge in [0.25, 0.3) is 5.91 Å². The Hall–Kier alpha value is -3.93. The van der Waals surface area contributed by atoms with Gasteiger partial charge in [0, 0.05) is 16.8 Å². The van der Waals surface area contributed by atoms with Crippen LogP contribution in [0.25, 0.3) is 11.1 Å². The first-order valence-corrected chi connectivity index (χ1v) is 8.14. The largest absolute Gasteiger partial charge is 0.478 e. The molecule has 0 aliphatic rings. The van der Waals surface area contributed by atoms with Crippen LogP contribution in [-0.2, 0) is 0 Å². The number of carboxylic acid groups (broad SMARTS) is 1. The lowest BCUT2D eigenvalue weighted by Gasteiger charge is -2.11. The third kappa shape index (κ3) is 4.01. The van der Waals surface area contributed by atoms with Crippen molar-refractivity contribution in [1.82, 2.24) is 0 Å². The minimum Gasteiger partial charge on any atom is -0.478 e. The number of hydrogen-bond acceptors (Lipinski definition) is 3. The molecule has 27 heavy (non-hydrogen) atoms. The second-order valence-corrected chi connectivity index (χ2v) is 5.87. The van der Waals surface area contributed by atoms with E-state index >= 15 is 0 Å². The Bertz CT molecular complexity index is 1010. The molecule has 1 amide bonds. The van der Waals surface area contributed by atoms with Crippen LogP contribution < -0.4 is 11.1 Å². The first-order valence-electron chi connectivity index (χ1n) is 8.14. The zero-order valence-electron chi connectivity index (χ0n) is 14.3. The van der Waals surface area contributed by atoms with E-state index < -0.39 is 5.97 Å². The molecular formula is C21H17N3O3.